The number of piperidine rings is 1. The third-order valence-corrected chi connectivity index (χ3v) is 3.99. The fourth-order valence-corrected chi connectivity index (χ4v) is 2.61. The molecule has 2 heterocycles. The van der Waals surface area contributed by atoms with E-state index in [1.807, 2.05) is 6.92 Å². The second-order valence-electron chi connectivity index (χ2n) is 5.79. The number of esters is 1. The van der Waals surface area contributed by atoms with Gasteiger partial charge < -0.3 is 14.7 Å². The molecular weight excluding hydrogens is 270 g/mol. The van der Waals surface area contributed by atoms with E-state index in [9.17, 15) is 4.79 Å². The van der Waals surface area contributed by atoms with Crippen LogP contribution in [0, 0.1) is 5.41 Å². The highest BCUT2D eigenvalue weighted by atomic mass is 16.5. The quantitative estimate of drug-likeness (QED) is 0.830. The first kappa shape index (κ1) is 15.7. The standard InChI is InChI=1S/C15H23N3O3/c1-3-21-13(20)10-15(2)5-8-18(9-6-15)14-16-7-4-12(11-19)17-14/h4,7,19H,3,5-6,8-11H2,1-2H3. The highest BCUT2D eigenvalue weighted by Gasteiger charge is 2.33. The third-order valence-electron chi connectivity index (χ3n) is 3.99. The summed E-state index contributed by atoms with van der Waals surface area (Å²) < 4.78 is 5.05. The lowest BCUT2D eigenvalue weighted by atomic mass is 9.77. The number of aliphatic hydroxyl groups is 1. The molecule has 0 atom stereocenters. The molecule has 0 bridgehead atoms. The van der Waals surface area contributed by atoms with Crippen molar-refractivity contribution in [2.75, 3.05) is 24.6 Å². The Balaban J connectivity index is 1.94. The van der Waals surface area contributed by atoms with Gasteiger partial charge in [-0.3, -0.25) is 4.79 Å². The van der Waals surface area contributed by atoms with Gasteiger partial charge in [-0.05, 0) is 31.2 Å². The van der Waals surface area contributed by atoms with E-state index in [4.69, 9.17) is 9.84 Å². The van der Waals surface area contributed by atoms with Crippen LogP contribution < -0.4 is 4.90 Å². The van der Waals surface area contributed by atoms with Crippen molar-refractivity contribution < 1.29 is 14.6 Å². The third kappa shape index (κ3) is 4.14. The van der Waals surface area contributed by atoms with Crippen molar-refractivity contribution in [3.05, 3.63) is 18.0 Å². The number of anilines is 1. The van der Waals surface area contributed by atoms with E-state index in [0.29, 0.717) is 24.7 Å². The molecule has 6 nitrogen and oxygen atoms in total. The predicted octanol–water partition coefficient (Wildman–Crippen LogP) is 1.53. The van der Waals surface area contributed by atoms with E-state index in [0.717, 1.165) is 25.9 Å². The average Bonchev–Trinajstić information content (AvgIpc) is 2.48. The van der Waals surface area contributed by atoms with Crippen molar-refractivity contribution >= 4 is 11.9 Å². The first-order chi connectivity index (χ1) is 10.1. The molecule has 0 unspecified atom stereocenters. The lowest BCUT2D eigenvalue weighted by molar-refractivity contribution is -0.146. The molecule has 1 aliphatic rings. The number of hydrogen-bond donors (Lipinski definition) is 1. The lowest BCUT2D eigenvalue weighted by Crippen LogP contribution is -2.40. The van der Waals surface area contributed by atoms with Gasteiger partial charge in [0.05, 0.1) is 25.3 Å². The van der Waals surface area contributed by atoms with Crippen LogP contribution in [-0.2, 0) is 16.1 Å². The maximum atomic E-state index is 11.7. The topological polar surface area (TPSA) is 75.5 Å². The Morgan fingerprint density at radius 3 is 2.81 bits per heavy atom. The van der Waals surface area contributed by atoms with Gasteiger partial charge in [-0.1, -0.05) is 6.92 Å². The molecule has 1 fully saturated rings. The predicted molar refractivity (Wildman–Crippen MR) is 78.8 cm³/mol. The van der Waals surface area contributed by atoms with Crippen LogP contribution in [0.15, 0.2) is 12.3 Å². The number of carbonyl (C=O) groups is 1. The fourth-order valence-electron chi connectivity index (χ4n) is 2.61. The summed E-state index contributed by atoms with van der Waals surface area (Å²) in [6.07, 6.45) is 3.93. The summed E-state index contributed by atoms with van der Waals surface area (Å²) >= 11 is 0. The van der Waals surface area contributed by atoms with Gasteiger partial charge in [-0.15, -0.1) is 0 Å². The van der Waals surface area contributed by atoms with Crippen LogP contribution in [0.25, 0.3) is 0 Å². The molecule has 0 saturated carbocycles. The van der Waals surface area contributed by atoms with Crippen LogP contribution >= 0.6 is 0 Å². The van der Waals surface area contributed by atoms with Crippen molar-refractivity contribution in [1.29, 1.82) is 0 Å². The van der Waals surface area contributed by atoms with Crippen LogP contribution in [0.3, 0.4) is 0 Å². The zero-order chi connectivity index (χ0) is 15.3. The molecule has 0 aliphatic carbocycles. The Morgan fingerprint density at radius 1 is 1.48 bits per heavy atom. The molecule has 1 saturated heterocycles. The summed E-state index contributed by atoms with van der Waals surface area (Å²) in [5.74, 6) is 0.534. The Morgan fingerprint density at radius 2 is 2.19 bits per heavy atom. The minimum atomic E-state index is -0.119. The molecule has 1 N–H and O–H groups in total. The largest absolute Gasteiger partial charge is 0.466 e. The number of carbonyl (C=O) groups excluding carboxylic acids is 1. The van der Waals surface area contributed by atoms with Crippen LogP contribution in [0.4, 0.5) is 5.95 Å². The van der Waals surface area contributed by atoms with Gasteiger partial charge >= 0.3 is 5.97 Å². The van der Waals surface area contributed by atoms with E-state index in [1.54, 1.807) is 12.3 Å². The van der Waals surface area contributed by atoms with E-state index >= 15 is 0 Å². The molecule has 116 valence electrons. The van der Waals surface area contributed by atoms with Crippen molar-refractivity contribution in [1.82, 2.24) is 9.97 Å². The van der Waals surface area contributed by atoms with Crippen molar-refractivity contribution in [2.24, 2.45) is 5.41 Å². The molecule has 2 rings (SSSR count). The number of rotatable bonds is 5. The van der Waals surface area contributed by atoms with Gasteiger partial charge in [0.15, 0.2) is 0 Å². The summed E-state index contributed by atoms with van der Waals surface area (Å²) in [4.78, 5) is 22.4. The van der Waals surface area contributed by atoms with Crippen LogP contribution in [0.5, 0.6) is 0 Å². The van der Waals surface area contributed by atoms with Gasteiger partial charge in [0, 0.05) is 19.3 Å². The zero-order valence-electron chi connectivity index (χ0n) is 12.7. The minimum Gasteiger partial charge on any atom is -0.466 e. The van der Waals surface area contributed by atoms with Gasteiger partial charge in [-0.25, -0.2) is 9.97 Å². The Hall–Kier alpha value is -1.69. The van der Waals surface area contributed by atoms with Crippen molar-refractivity contribution in [3.8, 4) is 0 Å². The molecule has 0 radical (unpaired) electrons. The lowest BCUT2D eigenvalue weighted by Gasteiger charge is -2.38. The van der Waals surface area contributed by atoms with Gasteiger partial charge in [0.2, 0.25) is 5.95 Å². The summed E-state index contributed by atoms with van der Waals surface area (Å²) in [5, 5.41) is 9.13. The molecule has 0 amide bonds. The first-order valence-electron chi connectivity index (χ1n) is 7.40. The average molecular weight is 293 g/mol. The summed E-state index contributed by atoms with van der Waals surface area (Å²) in [6, 6.07) is 1.71. The molecule has 0 spiro atoms. The molecule has 1 aromatic rings. The summed E-state index contributed by atoms with van der Waals surface area (Å²) in [5.41, 5.74) is 0.608. The number of ether oxygens (including phenoxy) is 1. The van der Waals surface area contributed by atoms with Crippen LogP contribution in [0.1, 0.15) is 38.8 Å². The smallest absolute Gasteiger partial charge is 0.306 e. The Labute approximate surface area is 125 Å². The van der Waals surface area contributed by atoms with E-state index in [1.165, 1.54) is 0 Å². The minimum absolute atomic E-state index is 0.0165. The summed E-state index contributed by atoms with van der Waals surface area (Å²) in [6.45, 7) is 5.93. The van der Waals surface area contributed by atoms with Gasteiger partial charge in [0.1, 0.15) is 0 Å². The highest BCUT2D eigenvalue weighted by molar-refractivity contribution is 5.70. The number of aromatic nitrogens is 2. The second-order valence-corrected chi connectivity index (χ2v) is 5.79. The Bertz CT molecular complexity index is 485. The SMILES string of the molecule is CCOC(=O)CC1(C)CCN(c2nccc(CO)n2)CC1. The summed E-state index contributed by atoms with van der Waals surface area (Å²) in [7, 11) is 0. The van der Waals surface area contributed by atoms with E-state index in [-0.39, 0.29) is 18.0 Å². The molecule has 1 aromatic heterocycles. The maximum absolute atomic E-state index is 11.7. The van der Waals surface area contributed by atoms with Crippen LogP contribution in [-0.4, -0.2) is 40.7 Å². The van der Waals surface area contributed by atoms with E-state index < -0.39 is 0 Å². The molecule has 6 heteroatoms. The highest BCUT2D eigenvalue weighted by Crippen LogP contribution is 2.35. The van der Waals surface area contributed by atoms with Crippen molar-refractivity contribution in [2.45, 2.75) is 39.7 Å². The van der Waals surface area contributed by atoms with E-state index in [2.05, 4.69) is 21.8 Å². The molecule has 21 heavy (non-hydrogen) atoms. The number of hydrogen-bond acceptors (Lipinski definition) is 6. The van der Waals surface area contributed by atoms with Gasteiger partial charge in [0.25, 0.3) is 0 Å². The molecule has 1 aliphatic heterocycles. The number of aliphatic hydroxyl groups excluding tert-OH is 1. The monoisotopic (exact) mass is 293 g/mol. The number of nitrogens with zero attached hydrogens (tertiary/aromatic N) is 3. The molecule has 0 aromatic carbocycles. The fraction of sp³-hybridized carbons (Fsp3) is 0.667. The second kappa shape index (κ2) is 6.85. The molecular formula is C15H23N3O3. The van der Waals surface area contributed by atoms with Gasteiger partial charge in [-0.2, -0.15) is 0 Å². The zero-order valence-corrected chi connectivity index (χ0v) is 12.7. The normalized spacial score (nSPS) is 17.6. The van der Waals surface area contributed by atoms with Crippen LogP contribution in [0.2, 0.25) is 0 Å². The first-order valence-corrected chi connectivity index (χ1v) is 7.40. The van der Waals surface area contributed by atoms with Crippen molar-refractivity contribution in [3.63, 3.8) is 0 Å². The maximum Gasteiger partial charge on any atom is 0.306 e. The Kier molecular flexibility index (Phi) is 5.12.